The molecule has 0 aliphatic carbocycles. The first-order valence-electron chi connectivity index (χ1n) is 9.10. The lowest BCUT2D eigenvalue weighted by Crippen LogP contribution is -2.35. The van der Waals surface area contributed by atoms with Crippen molar-refractivity contribution in [3.8, 4) is 0 Å². The highest BCUT2D eigenvalue weighted by Gasteiger charge is 2.25. The summed E-state index contributed by atoms with van der Waals surface area (Å²) in [6, 6.07) is 14.6. The number of nitrogens with one attached hydrogen (secondary N) is 1. The van der Waals surface area contributed by atoms with Crippen LogP contribution < -0.4 is 11.1 Å². The summed E-state index contributed by atoms with van der Waals surface area (Å²) in [5.74, 6) is 2.43. The first kappa shape index (κ1) is 17.5. The molecule has 0 bridgehead atoms. The van der Waals surface area contributed by atoms with E-state index < -0.39 is 0 Å². The van der Waals surface area contributed by atoms with Crippen LogP contribution in [0.4, 0.5) is 0 Å². The number of guanidine groups is 1. The monoisotopic (exact) mass is 340 g/mol. The standard InChI is InChI=1S/C20H28N4O/c1-16-9-10-19(25-16)18(24-13-5-6-14-24)15-23-20(21)22-12-11-17-7-3-2-4-8-17/h2-4,7-10,18H,5-6,11-15H2,1H3,(H3,21,22,23). The smallest absolute Gasteiger partial charge is 0.188 e. The lowest BCUT2D eigenvalue weighted by molar-refractivity contribution is 0.219. The highest BCUT2D eigenvalue weighted by atomic mass is 16.3. The summed E-state index contributed by atoms with van der Waals surface area (Å²) in [7, 11) is 0. The first-order valence-corrected chi connectivity index (χ1v) is 9.10. The Labute approximate surface area is 149 Å². The normalized spacial score (nSPS) is 16.9. The van der Waals surface area contributed by atoms with Crippen molar-refractivity contribution in [2.24, 2.45) is 10.7 Å². The molecule has 0 radical (unpaired) electrons. The van der Waals surface area contributed by atoms with Crippen LogP contribution in [0.5, 0.6) is 0 Å². The van der Waals surface area contributed by atoms with Crippen molar-refractivity contribution >= 4 is 5.96 Å². The molecule has 3 N–H and O–H groups in total. The fourth-order valence-electron chi connectivity index (χ4n) is 3.29. The Morgan fingerprint density at radius 2 is 1.96 bits per heavy atom. The van der Waals surface area contributed by atoms with Crippen LogP contribution in [0.2, 0.25) is 0 Å². The fourth-order valence-corrected chi connectivity index (χ4v) is 3.29. The number of nitrogens with zero attached hydrogens (tertiary/aromatic N) is 2. The third kappa shape index (κ3) is 5.10. The number of hydrogen-bond acceptors (Lipinski definition) is 3. The summed E-state index contributed by atoms with van der Waals surface area (Å²) in [4.78, 5) is 7.01. The minimum Gasteiger partial charge on any atom is -0.465 e. The van der Waals surface area contributed by atoms with Gasteiger partial charge >= 0.3 is 0 Å². The van der Waals surface area contributed by atoms with Gasteiger partial charge < -0.3 is 15.5 Å². The molecule has 2 aromatic rings. The first-order chi connectivity index (χ1) is 12.2. The summed E-state index contributed by atoms with van der Waals surface area (Å²) < 4.78 is 5.86. The van der Waals surface area contributed by atoms with Gasteiger partial charge in [-0.15, -0.1) is 0 Å². The van der Waals surface area contributed by atoms with Crippen molar-refractivity contribution in [3.63, 3.8) is 0 Å². The average Bonchev–Trinajstić information content (AvgIpc) is 3.29. The number of aryl methyl sites for hydroxylation is 1. The van der Waals surface area contributed by atoms with E-state index in [1.54, 1.807) is 0 Å². The van der Waals surface area contributed by atoms with Crippen LogP contribution in [0.15, 0.2) is 51.9 Å². The Hall–Kier alpha value is -2.27. The number of benzene rings is 1. The van der Waals surface area contributed by atoms with Crippen LogP contribution in [-0.2, 0) is 6.42 Å². The molecule has 0 amide bonds. The van der Waals surface area contributed by atoms with E-state index in [1.165, 1.54) is 18.4 Å². The van der Waals surface area contributed by atoms with Crippen molar-refractivity contribution in [1.29, 1.82) is 0 Å². The Morgan fingerprint density at radius 1 is 1.20 bits per heavy atom. The van der Waals surface area contributed by atoms with E-state index >= 15 is 0 Å². The predicted molar refractivity (Wildman–Crippen MR) is 102 cm³/mol. The van der Waals surface area contributed by atoms with Crippen LogP contribution in [0.3, 0.4) is 0 Å². The minimum atomic E-state index is 0.172. The summed E-state index contributed by atoms with van der Waals surface area (Å²) in [6.07, 6.45) is 3.42. The van der Waals surface area contributed by atoms with Crippen molar-refractivity contribution in [2.45, 2.75) is 32.2 Å². The average molecular weight is 340 g/mol. The van der Waals surface area contributed by atoms with Crippen molar-refractivity contribution < 1.29 is 4.42 Å². The predicted octanol–water partition coefficient (Wildman–Crippen LogP) is 2.87. The van der Waals surface area contributed by atoms with E-state index in [0.717, 1.165) is 37.6 Å². The van der Waals surface area contributed by atoms with E-state index in [2.05, 4.69) is 45.5 Å². The van der Waals surface area contributed by atoms with E-state index in [9.17, 15) is 0 Å². The molecule has 1 atom stereocenters. The molecular weight excluding hydrogens is 312 g/mol. The molecule has 5 nitrogen and oxygen atoms in total. The van der Waals surface area contributed by atoms with E-state index in [0.29, 0.717) is 12.5 Å². The van der Waals surface area contributed by atoms with Gasteiger partial charge in [-0.3, -0.25) is 9.89 Å². The molecule has 1 unspecified atom stereocenters. The van der Waals surface area contributed by atoms with E-state index in [1.807, 2.05) is 19.1 Å². The molecule has 1 fully saturated rings. The Morgan fingerprint density at radius 3 is 2.64 bits per heavy atom. The van der Waals surface area contributed by atoms with Crippen LogP contribution in [0.25, 0.3) is 0 Å². The highest BCUT2D eigenvalue weighted by molar-refractivity contribution is 5.77. The summed E-state index contributed by atoms with van der Waals surface area (Å²) in [5.41, 5.74) is 7.35. The van der Waals surface area contributed by atoms with Gasteiger partial charge in [-0.25, -0.2) is 0 Å². The fraction of sp³-hybridized carbons (Fsp3) is 0.450. The van der Waals surface area contributed by atoms with Gasteiger partial charge in [-0.1, -0.05) is 30.3 Å². The molecule has 0 saturated carbocycles. The van der Waals surface area contributed by atoms with Crippen LogP contribution >= 0.6 is 0 Å². The van der Waals surface area contributed by atoms with Gasteiger partial charge in [0.1, 0.15) is 11.5 Å². The van der Waals surface area contributed by atoms with Gasteiger partial charge in [-0.05, 0) is 57.0 Å². The lowest BCUT2D eigenvalue weighted by atomic mass is 10.1. The third-order valence-electron chi connectivity index (χ3n) is 4.67. The van der Waals surface area contributed by atoms with Crippen LogP contribution in [0, 0.1) is 6.92 Å². The lowest BCUT2D eigenvalue weighted by Gasteiger charge is -2.24. The molecule has 1 aromatic heterocycles. The van der Waals surface area contributed by atoms with Crippen molar-refractivity contribution in [2.75, 3.05) is 26.2 Å². The van der Waals surface area contributed by atoms with Gasteiger partial charge in [0, 0.05) is 6.54 Å². The maximum absolute atomic E-state index is 6.06. The second-order valence-electron chi connectivity index (χ2n) is 6.60. The molecule has 1 aromatic carbocycles. The van der Waals surface area contributed by atoms with Gasteiger partial charge in [0.05, 0.1) is 12.6 Å². The van der Waals surface area contributed by atoms with Crippen molar-refractivity contribution in [1.82, 2.24) is 10.2 Å². The molecule has 5 heteroatoms. The second kappa shape index (κ2) is 8.72. The molecule has 25 heavy (non-hydrogen) atoms. The Kier molecular flexibility index (Phi) is 6.12. The summed E-state index contributed by atoms with van der Waals surface area (Å²) in [5, 5.41) is 3.21. The highest BCUT2D eigenvalue weighted by Crippen LogP contribution is 2.26. The summed E-state index contributed by atoms with van der Waals surface area (Å²) in [6.45, 7) is 5.58. The van der Waals surface area contributed by atoms with Gasteiger partial charge in [-0.2, -0.15) is 0 Å². The van der Waals surface area contributed by atoms with Gasteiger partial charge in [0.15, 0.2) is 5.96 Å². The molecule has 1 aliphatic rings. The maximum Gasteiger partial charge on any atom is 0.188 e. The van der Waals surface area contributed by atoms with Crippen LogP contribution in [0.1, 0.15) is 36.0 Å². The third-order valence-corrected chi connectivity index (χ3v) is 4.67. The number of furan rings is 1. The minimum absolute atomic E-state index is 0.172. The maximum atomic E-state index is 6.06. The number of hydrogen-bond donors (Lipinski definition) is 2. The number of nitrogens with two attached hydrogens (primary N) is 1. The van der Waals surface area contributed by atoms with Crippen LogP contribution in [-0.4, -0.2) is 37.0 Å². The molecule has 1 aliphatic heterocycles. The zero-order chi connectivity index (χ0) is 17.5. The zero-order valence-corrected chi connectivity index (χ0v) is 14.9. The molecular formula is C20H28N4O. The summed E-state index contributed by atoms with van der Waals surface area (Å²) >= 11 is 0. The van der Waals surface area contributed by atoms with E-state index in [4.69, 9.17) is 10.2 Å². The number of likely N-dealkylation sites (tertiary alicyclic amines) is 1. The number of rotatable bonds is 7. The van der Waals surface area contributed by atoms with Gasteiger partial charge in [0.25, 0.3) is 0 Å². The molecule has 2 heterocycles. The largest absolute Gasteiger partial charge is 0.465 e. The Bertz CT molecular complexity index is 674. The molecule has 0 spiro atoms. The SMILES string of the molecule is Cc1ccc(C(CN=C(N)NCCc2ccccc2)N2CCCC2)o1. The van der Waals surface area contributed by atoms with E-state index in [-0.39, 0.29) is 6.04 Å². The van der Waals surface area contributed by atoms with Crippen molar-refractivity contribution in [3.05, 3.63) is 59.5 Å². The molecule has 3 rings (SSSR count). The number of aliphatic imine (C=N–C) groups is 1. The second-order valence-corrected chi connectivity index (χ2v) is 6.60. The quantitative estimate of drug-likeness (QED) is 0.601. The Balaban J connectivity index is 1.54. The molecule has 134 valence electrons. The topological polar surface area (TPSA) is 66.8 Å². The molecule has 1 saturated heterocycles. The zero-order valence-electron chi connectivity index (χ0n) is 14.9. The van der Waals surface area contributed by atoms with Gasteiger partial charge in [0.2, 0.25) is 0 Å².